The van der Waals surface area contributed by atoms with Crippen LogP contribution in [-0.2, 0) is 11.2 Å². The van der Waals surface area contributed by atoms with Crippen molar-refractivity contribution < 1.29 is 4.79 Å². The summed E-state index contributed by atoms with van der Waals surface area (Å²) in [5.74, 6) is 0.946. The molecule has 0 spiro atoms. The molecule has 1 aromatic heterocycles. The molecule has 1 saturated heterocycles. The first-order valence-electron chi connectivity index (χ1n) is 8.32. The number of benzene rings is 1. The SMILES string of the molecule is CC1CCN(c2nc(-c3ccc4c(c3)CCC(=O)N4)cs2)CC1. The van der Waals surface area contributed by atoms with Crippen LogP contribution in [0.1, 0.15) is 31.7 Å². The van der Waals surface area contributed by atoms with E-state index in [4.69, 9.17) is 4.98 Å². The van der Waals surface area contributed by atoms with Crippen molar-refractivity contribution in [1.82, 2.24) is 4.98 Å². The molecule has 4 nitrogen and oxygen atoms in total. The number of hydrogen-bond acceptors (Lipinski definition) is 4. The Labute approximate surface area is 140 Å². The van der Waals surface area contributed by atoms with Crippen LogP contribution in [0.25, 0.3) is 11.3 Å². The summed E-state index contributed by atoms with van der Waals surface area (Å²) in [7, 11) is 0. The minimum absolute atomic E-state index is 0.112. The van der Waals surface area contributed by atoms with E-state index in [1.54, 1.807) is 11.3 Å². The number of carbonyl (C=O) groups is 1. The van der Waals surface area contributed by atoms with Crippen LogP contribution >= 0.6 is 11.3 Å². The summed E-state index contributed by atoms with van der Waals surface area (Å²) in [5, 5.41) is 6.22. The van der Waals surface area contributed by atoms with E-state index in [2.05, 4.69) is 34.7 Å². The lowest BCUT2D eigenvalue weighted by Gasteiger charge is -2.29. The molecule has 0 unspecified atom stereocenters. The molecule has 5 heteroatoms. The second-order valence-corrected chi connectivity index (χ2v) is 7.44. The van der Waals surface area contributed by atoms with Gasteiger partial charge >= 0.3 is 0 Å². The summed E-state index contributed by atoms with van der Waals surface area (Å²) in [4.78, 5) is 18.7. The fourth-order valence-corrected chi connectivity index (χ4v) is 4.17. The number of nitrogens with one attached hydrogen (secondary N) is 1. The highest BCUT2D eigenvalue weighted by Gasteiger charge is 2.20. The van der Waals surface area contributed by atoms with Crippen LogP contribution in [0.3, 0.4) is 0 Å². The van der Waals surface area contributed by atoms with Crippen molar-refractivity contribution in [3.05, 3.63) is 29.1 Å². The zero-order chi connectivity index (χ0) is 15.8. The van der Waals surface area contributed by atoms with Crippen molar-refractivity contribution >= 4 is 28.1 Å². The van der Waals surface area contributed by atoms with Crippen LogP contribution in [0, 0.1) is 5.92 Å². The third kappa shape index (κ3) is 2.98. The summed E-state index contributed by atoms with van der Waals surface area (Å²) < 4.78 is 0. The fourth-order valence-electron chi connectivity index (χ4n) is 3.28. The van der Waals surface area contributed by atoms with Crippen molar-refractivity contribution in [3.63, 3.8) is 0 Å². The largest absolute Gasteiger partial charge is 0.348 e. The van der Waals surface area contributed by atoms with Gasteiger partial charge in [0, 0.05) is 36.1 Å². The van der Waals surface area contributed by atoms with Gasteiger partial charge in [-0.1, -0.05) is 13.0 Å². The van der Waals surface area contributed by atoms with Crippen LogP contribution < -0.4 is 10.2 Å². The van der Waals surface area contributed by atoms with Gasteiger partial charge in [-0.15, -0.1) is 11.3 Å². The average Bonchev–Trinajstić information content (AvgIpc) is 3.05. The Balaban J connectivity index is 1.56. The highest BCUT2D eigenvalue weighted by molar-refractivity contribution is 7.14. The van der Waals surface area contributed by atoms with E-state index < -0.39 is 0 Å². The Hall–Kier alpha value is -1.88. The number of thiazole rings is 1. The van der Waals surface area contributed by atoms with E-state index >= 15 is 0 Å². The minimum atomic E-state index is 0.112. The second kappa shape index (κ2) is 5.96. The number of nitrogens with zero attached hydrogens (tertiary/aromatic N) is 2. The summed E-state index contributed by atoms with van der Waals surface area (Å²) >= 11 is 1.73. The van der Waals surface area contributed by atoms with Crippen molar-refractivity contribution in [1.29, 1.82) is 0 Å². The van der Waals surface area contributed by atoms with Gasteiger partial charge in [0.05, 0.1) is 5.69 Å². The summed E-state index contributed by atoms with van der Waals surface area (Å²) in [6.07, 6.45) is 3.90. The molecule has 4 rings (SSSR count). The molecule has 120 valence electrons. The molecule has 1 N–H and O–H groups in total. The summed E-state index contributed by atoms with van der Waals surface area (Å²) in [6, 6.07) is 6.23. The number of aryl methyl sites for hydroxylation is 1. The molecule has 2 aliphatic heterocycles. The molecule has 0 saturated carbocycles. The molecule has 23 heavy (non-hydrogen) atoms. The lowest BCUT2D eigenvalue weighted by atomic mass is 9.99. The molecule has 0 atom stereocenters. The number of carbonyl (C=O) groups excluding carboxylic acids is 1. The van der Waals surface area contributed by atoms with Gasteiger partial charge in [0.2, 0.25) is 5.91 Å². The van der Waals surface area contributed by atoms with Crippen molar-refractivity contribution in [2.45, 2.75) is 32.6 Å². The third-order valence-electron chi connectivity index (χ3n) is 4.84. The van der Waals surface area contributed by atoms with E-state index in [1.165, 1.54) is 18.4 Å². The van der Waals surface area contributed by atoms with E-state index in [1.807, 2.05) is 6.07 Å². The van der Waals surface area contributed by atoms with Gasteiger partial charge in [0.25, 0.3) is 0 Å². The number of anilines is 2. The Morgan fingerprint density at radius 3 is 2.91 bits per heavy atom. The second-order valence-electron chi connectivity index (χ2n) is 6.60. The maximum atomic E-state index is 11.5. The van der Waals surface area contributed by atoms with Gasteiger partial charge in [-0.2, -0.15) is 0 Å². The maximum Gasteiger partial charge on any atom is 0.224 e. The van der Waals surface area contributed by atoms with Crippen LogP contribution in [0.4, 0.5) is 10.8 Å². The summed E-state index contributed by atoms with van der Waals surface area (Å²) in [5.41, 5.74) is 4.35. The van der Waals surface area contributed by atoms with Gasteiger partial charge in [0.15, 0.2) is 5.13 Å². The van der Waals surface area contributed by atoms with Gasteiger partial charge in [0.1, 0.15) is 0 Å². The van der Waals surface area contributed by atoms with Crippen LogP contribution in [0.2, 0.25) is 0 Å². The normalized spacial score (nSPS) is 18.7. The zero-order valence-electron chi connectivity index (χ0n) is 13.3. The number of piperidine rings is 1. The van der Waals surface area contributed by atoms with E-state index in [-0.39, 0.29) is 5.91 Å². The minimum Gasteiger partial charge on any atom is -0.348 e. The zero-order valence-corrected chi connectivity index (χ0v) is 14.2. The molecule has 1 fully saturated rings. The Morgan fingerprint density at radius 1 is 1.26 bits per heavy atom. The predicted octanol–water partition coefficient (Wildman–Crippen LogP) is 3.93. The van der Waals surface area contributed by atoms with E-state index in [0.29, 0.717) is 6.42 Å². The van der Waals surface area contributed by atoms with Crippen molar-refractivity contribution in [3.8, 4) is 11.3 Å². The smallest absolute Gasteiger partial charge is 0.224 e. The molecular weight excluding hydrogens is 306 g/mol. The van der Waals surface area contributed by atoms with Crippen molar-refractivity contribution in [2.75, 3.05) is 23.3 Å². The molecule has 2 aliphatic rings. The van der Waals surface area contributed by atoms with E-state index in [9.17, 15) is 4.79 Å². The van der Waals surface area contributed by atoms with Crippen LogP contribution in [-0.4, -0.2) is 24.0 Å². The fraction of sp³-hybridized carbons (Fsp3) is 0.444. The number of amides is 1. The molecule has 0 aliphatic carbocycles. The van der Waals surface area contributed by atoms with Gasteiger partial charge in [-0.3, -0.25) is 4.79 Å². The number of hydrogen-bond donors (Lipinski definition) is 1. The predicted molar refractivity (Wildman–Crippen MR) is 95.1 cm³/mol. The Kier molecular flexibility index (Phi) is 3.81. The molecule has 1 aromatic carbocycles. The molecule has 0 radical (unpaired) electrons. The molecule has 3 heterocycles. The quantitative estimate of drug-likeness (QED) is 0.909. The van der Waals surface area contributed by atoms with Crippen LogP contribution in [0.15, 0.2) is 23.6 Å². The average molecular weight is 327 g/mol. The lowest BCUT2D eigenvalue weighted by molar-refractivity contribution is -0.116. The first-order valence-corrected chi connectivity index (χ1v) is 9.20. The topological polar surface area (TPSA) is 45.2 Å². The monoisotopic (exact) mass is 327 g/mol. The van der Waals surface area contributed by atoms with Gasteiger partial charge in [-0.05, 0) is 42.9 Å². The van der Waals surface area contributed by atoms with Crippen LogP contribution in [0.5, 0.6) is 0 Å². The molecule has 1 amide bonds. The number of fused-ring (bicyclic) bond motifs is 1. The Morgan fingerprint density at radius 2 is 2.09 bits per heavy atom. The first kappa shape index (κ1) is 14.7. The molecule has 2 aromatic rings. The lowest BCUT2D eigenvalue weighted by Crippen LogP contribution is -2.32. The Bertz CT molecular complexity index is 732. The first-order chi connectivity index (χ1) is 11.2. The van der Waals surface area contributed by atoms with Crippen molar-refractivity contribution in [2.24, 2.45) is 5.92 Å². The highest BCUT2D eigenvalue weighted by atomic mass is 32.1. The maximum absolute atomic E-state index is 11.5. The number of rotatable bonds is 2. The van der Waals surface area contributed by atoms with E-state index in [0.717, 1.165) is 47.5 Å². The molecular formula is C18H21N3OS. The highest BCUT2D eigenvalue weighted by Crippen LogP contribution is 2.33. The summed E-state index contributed by atoms with van der Waals surface area (Å²) in [6.45, 7) is 4.56. The standard InChI is InChI=1S/C18H21N3OS/c1-12-6-8-21(9-7-12)18-20-16(11-23-18)14-2-4-15-13(10-14)3-5-17(22)19-15/h2,4,10-12H,3,5-9H2,1H3,(H,19,22). The molecule has 0 bridgehead atoms. The number of aromatic nitrogens is 1. The third-order valence-corrected chi connectivity index (χ3v) is 5.74. The van der Waals surface area contributed by atoms with Gasteiger partial charge in [-0.25, -0.2) is 4.98 Å². The van der Waals surface area contributed by atoms with Gasteiger partial charge < -0.3 is 10.2 Å².